The lowest BCUT2D eigenvalue weighted by Crippen LogP contribution is -2.34. The lowest BCUT2D eigenvalue weighted by molar-refractivity contribution is -0.118. The molecule has 4 rings (SSSR count). The number of para-hydroxylation sites is 1. The van der Waals surface area contributed by atoms with E-state index in [1.165, 1.54) is 6.92 Å². The van der Waals surface area contributed by atoms with Crippen molar-refractivity contribution in [1.82, 2.24) is 19.9 Å². The van der Waals surface area contributed by atoms with E-state index in [2.05, 4.69) is 20.4 Å². The van der Waals surface area contributed by atoms with Gasteiger partial charge in [-0.2, -0.15) is 5.10 Å². The minimum atomic E-state index is -0.468. The maximum Gasteiger partial charge on any atom is 0.267 e. The van der Waals surface area contributed by atoms with E-state index in [4.69, 9.17) is 0 Å². The quantitative estimate of drug-likeness (QED) is 0.684. The highest BCUT2D eigenvalue weighted by Crippen LogP contribution is 2.25. The molecule has 0 saturated carbocycles. The molecule has 1 aliphatic heterocycles. The fourth-order valence-electron chi connectivity index (χ4n) is 3.39. The monoisotopic (exact) mass is 402 g/mol. The van der Waals surface area contributed by atoms with Gasteiger partial charge in [-0.05, 0) is 43.7 Å². The standard InChI is InChI=1S/C22H22N6O2/c1-15(29)20-13-19(26-28(20)18-6-4-3-5-7-18)22(30)25-14-17-8-9-24-21(12-17)27-11-10-23-16(27)2/h3-12,20H,13-14H2,1-2H3,(H,25,30). The van der Waals surface area contributed by atoms with E-state index in [-0.39, 0.29) is 18.1 Å². The molecule has 0 spiro atoms. The topological polar surface area (TPSA) is 92.5 Å². The maximum atomic E-state index is 12.7. The molecule has 30 heavy (non-hydrogen) atoms. The first-order valence-electron chi connectivity index (χ1n) is 9.68. The molecule has 0 radical (unpaired) electrons. The molecular weight excluding hydrogens is 380 g/mol. The molecule has 0 fully saturated rings. The Bertz CT molecular complexity index is 1110. The maximum absolute atomic E-state index is 12.7. The first kappa shape index (κ1) is 19.5. The first-order chi connectivity index (χ1) is 14.5. The zero-order valence-corrected chi connectivity index (χ0v) is 16.8. The van der Waals surface area contributed by atoms with Crippen molar-refractivity contribution in [3.8, 4) is 5.82 Å². The first-order valence-corrected chi connectivity index (χ1v) is 9.68. The van der Waals surface area contributed by atoms with Crippen LogP contribution in [-0.4, -0.2) is 38.0 Å². The minimum absolute atomic E-state index is 0.0279. The van der Waals surface area contributed by atoms with Crippen LogP contribution < -0.4 is 10.3 Å². The summed E-state index contributed by atoms with van der Waals surface area (Å²) in [6.07, 6.45) is 5.54. The Labute approximate surface area is 174 Å². The fraction of sp³-hybridized carbons (Fsp3) is 0.227. The predicted molar refractivity (Wildman–Crippen MR) is 113 cm³/mol. The number of hydrazone groups is 1. The summed E-state index contributed by atoms with van der Waals surface area (Å²) in [5, 5.41) is 8.96. The molecule has 152 valence electrons. The number of ketones is 1. The average Bonchev–Trinajstić information content (AvgIpc) is 3.40. The molecule has 2 aromatic heterocycles. The molecule has 3 aromatic rings. The van der Waals surface area contributed by atoms with Crippen LogP contribution in [0.4, 0.5) is 5.69 Å². The van der Waals surface area contributed by atoms with Gasteiger partial charge in [-0.1, -0.05) is 18.2 Å². The van der Waals surface area contributed by atoms with E-state index in [9.17, 15) is 9.59 Å². The summed E-state index contributed by atoms with van der Waals surface area (Å²) in [5.41, 5.74) is 2.04. The largest absolute Gasteiger partial charge is 0.347 e. The zero-order valence-electron chi connectivity index (χ0n) is 16.8. The van der Waals surface area contributed by atoms with Gasteiger partial charge in [0.1, 0.15) is 23.4 Å². The van der Waals surface area contributed by atoms with Gasteiger partial charge in [-0.25, -0.2) is 9.97 Å². The number of carbonyl (C=O) groups is 2. The number of carbonyl (C=O) groups excluding carboxylic acids is 2. The number of Topliss-reactive ketones (excluding diaryl/α,β-unsaturated/α-hetero) is 1. The summed E-state index contributed by atoms with van der Waals surface area (Å²) in [7, 11) is 0. The lowest BCUT2D eigenvalue weighted by atomic mass is 10.1. The number of nitrogens with zero attached hydrogens (tertiary/aromatic N) is 5. The van der Waals surface area contributed by atoms with Crippen LogP contribution in [0.2, 0.25) is 0 Å². The zero-order chi connectivity index (χ0) is 21.1. The van der Waals surface area contributed by atoms with Crippen LogP contribution in [0.5, 0.6) is 0 Å². The number of pyridine rings is 1. The van der Waals surface area contributed by atoms with Crippen LogP contribution >= 0.6 is 0 Å². The predicted octanol–water partition coefficient (Wildman–Crippen LogP) is 2.42. The van der Waals surface area contributed by atoms with Crippen molar-refractivity contribution in [2.45, 2.75) is 32.9 Å². The summed E-state index contributed by atoms with van der Waals surface area (Å²) in [6, 6.07) is 12.7. The van der Waals surface area contributed by atoms with Crippen molar-refractivity contribution in [2.24, 2.45) is 5.10 Å². The van der Waals surface area contributed by atoms with Gasteiger partial charge < -0.3 is 5.32 Å². The van der Waals surface area contributed by atoms with Crippen molar-refractivity contribution in [2.75, 3.05) is 5.01 Å². The fourth-order valence-corrected chi connectivity index (χ4v) is 3.39. The number of aryl methyl sites for hydroxylation is 1. The van der Waals surface area contributed by atoms with Crippen molar-refractivity contribution in [3.05, 3.63) is 72.4 Å². The number of nitrogens with one attached hydrogen (secondary N) is 1. The highest BCUT2D eigenvalue weighted by molar-refractivity contribution is 6.40. The number of hydrogen-bond donors (Lipinski definition) is 1. The highest BCUT2D eigenvalue weighted by Gasteiger charge is 2.34. The van der Waals surface area contributed by atoms with E-state index in [1.807, 2.05) is 60.2 Å². The second kappa shape index (κ2) is 8.28. The molecule has 1 aliphatic rings. The average molecular weight is 402 g/mol. The third kappa shape index (κ3) is 3.98. The van der Waals surface area contributed by atoms with Crippen LogP contribution in [0.15, 0.2) is 66.2 Å². The summed E-state index contributed by atoms with van der Waals surface area (Å²) < 4.78 is 1.88. The van der Waals surface area contributed by atoms with Crippen LogP contribution in [-0.2, 0) is 16.1 Å². The number of aromatic nitrogens is 3. The Hall–Kier alpha value is -3.81. The molecule has 8 heteroatoms. The highest BCUT2D eigenvalue weighted by atomic mass is 16.2. The SMILES string of the molecule is CC(=O)C1CC(C(=O)NCc2ccnc(-n3ccnc3C)c2)=NN1c1ccccc1. The molecule has 0 aliphatic carbocycles. The third-order valence-electron chi connectivity index (χ3n) is 5.00. The van der Waals surface area contributed by atoms with Crippen molar-refractivity contribution < 1.29 is 9.59 Å². The molecule has 0 saturated heterocycles. The van der Waals surface area contributed by atoms with Gasteiger partial charge in [-0.3, -0.25) is 19.2 Å². The van der Waals surface area contributed by atoms with Crippen LogP contribution in [0.1, 0.15) is 24.7 Å². The molecule has 3 heterocycles. The molecular formula is C22H22N6O2. The van der Waals surface area contributed by atoms with Crippen LogP contribution in [0, 0.1) is 6.92 Å². The van der Waals surface area contributed by atoms with Gasteiger partial charge in [0.15, 0.2) is 5.78 Å². The Kier molecular flexibility index (Phi) is 5.38. The van der Waals surface area contributed by atoms with E-state index in [1.54, 1.807) is 17.4 Å². The van der Waals surface area contributed by atoms with Gasteiger partial charge in [0.2, 0.25) is 0 Å². The minimum Gasteiger partial charge on any atom is -0.347 e. The van der Waals surface area contributed by atoms with Gasteiger partial charge in [0.25, 0.3) is 5.91 Å². The number of imidazole rings is 1. The number of anilines is 1. The molecule has 1 amide bonds. The van der Waals surface area contributed by atoms with Crippen LogP contribution in [0.3, 0.4) is 0 Å². The Morgan fingerprint density at radius 1 is 1.13 bits per heavy atom. The third-order valence-corrected chi connectivity index (χ3v) is 5.00. The second-order valence-corrected chi connectivity index (χ2v) is 7.11. The van der Waals surface area contributed by atoms with Gasteiger partial charge >= 0.3 is 0 Å². The van der Waals surface area contributed by atoms with Crippen molar-refractivity contribution in [1.29, 1.82) is 0 Å². The second-order valence-electron chi connectivity index (χ2n) is 7.11. The Morgan fingerprint density at radius 3 is 2.63 bits per heavy atom. The van der Waals surface area contributed by atoms with E-state index in [0.717, 1.165) is 22.9 Å². The number of rotatable bonds is 6. The van der Waals surface area contributed by atoms with Gasteiger partial charge in [-0.15, -0.1) is 0 Å². The summed E-state index contributed by atoms with van der Waals surface area (Å²) in [4.78, 5) is 33.4. The number of benzene rings is 1. The lowest BCUT2D eigenvalue weighted by Gasteiger charge is -2.20. The number of amides is 1. The van der Waals surface area contributed by atoms with Gasteiger partial charge in [0, 0.05) is 31.6 Å². The van der Waals surface area contributed by atoms with E-state index < -0.39 is 6.04 Å². The smallest absolute Gasteiger partial charge is 0.267 e. The number of hydrogen-bond acceptors (Lipinski definition) is 6. The van der Waals surface area contributed by atoms with E-state index in [0.29, 0.717) is 12.3 Å². The molecule has 1 unspecified atom stereocenters. The normalized spacial score (nSPS) is 15.7. The molecule has 8 nitrogen and oxygen atoms in total. The molecule has 1 aromatic carbocycles. The molecule has 1 N–H and O–H groups in total. The molecule has 0 bridgehead atoms. The van der Waals surface area contributed by atoms with E-state index >= 15 is 0 Å². The van der Waals surface area contributed by atoms with Gasteiger partial charge in [0.05, 0.1) is 5.69 Å². The Morgan fingerprint density at radius 2 is 1.93 bits per heavy atom. The van der Waals surface area contributed by atoms with Crippen molar-refractivity contribution in [3.63, 3.8) is 0 Å². The van der Waals surface area contributed by atoms with Crippen molar-refractivity contribution >= 4 is 23.1 Å². The molecule has 1 atom stereocenters. The van der Waals surface area contributed by atoms with Crippen LogP contribution in [0.25, 0.3) is 5.82 Å². The summed E-state index contributed by atoms with van der Waals surface area (Å²) >= 11 is 0. The summed E-state index contributed by atoms with van der Waals surface area (Å²) in [6.45, 7) is 3.75. The summed E-state index contributed by atoms with van der Waals surface area (Å²) in [5.74, 6) is 1.26. The Balaban J connectivity index is 1.47.